The number of nitrogens with one attached hydrogen (secondary N) is 1. The minimum atomic E-state index is -0.281. The van der Waals surface area contributed by atoms with Crippen LogP contribution in [0.15, 0.2) is 30.3 Å². The summed E-state index contributed by atoms with van der Waals surface area (Å²) in [7, 11) is 0. The number of benzene rings is 1. The largest absolute Gasteiger partial charge is 0.450 e. The second kappa shape index (κ2) is 7.84. The zero-order valence-electron chi connectivity index (χ0n) is 15.9. The van der Waals surface area contributed by atoms with Crippen molar-refractivity contribution in [2.75, 3.05) is 44.2 Å². The summed E-state index contributed by atoms with van der Waals surface area (Å²) in [5, 5.41) is 2.87. The molecule has 2 aromatic rings. The average molecular weight is 381 g/mol. The van der Waals surface area contributed by atoms with Gasteiger partial charge in [0.05, 0.1) is 6.61 Å². The first-order valence-electron chi connectivity index (χ1n) is 9.58. The van der Waals surface area contributed by atoms with Crippen LogP contribution in [0.3, 0.4) is 0 Å². The van der Waals surface area contributed by atoms with E-state index >= 15 is 0 Å². The van der Waals surface area contributed by atoms with Crippen molar-refractivity contribution >= 4 is 17.8 Å². The van der Waals surface area contributed by atoms with Gasteiger partial charge in [-0.2, -0.15) is 0 Å². The number of carbonyl (C=O) groups is 2. The summed E-state index contributed by atoms with van der Waals surface area (Å²) in [5.41, 5.74) is 2.20. The molecule has 0 aliphatic carbocycles. The van der Waals surface area contributed by atoms with Crippen LogP contribution in [0.1, 0.15) is 23.0 Å². The second-order valence-electron chi connectivity index (χ2n) is 6.74. The molecule has 146 valence electrons. The van der Waals surface area contributed by atoms with Gasteiger partial charge in [0.2, 0.25) is 0 Å². The van der Waals surface area contributed by atoms with E-state index < -0.39 is 0 Å². The van der Waals surface area contributed by atoms with Crippen LogP contribution in [0.25, 0.3) is 11.4 Å². The zero-order chi connectivity index (χ0) is 19.5. The molecule has 2 aliphatic heterocycles. The molecule has 1 fully saturated rings. The van der Waals surface area contributed by atoms with Gasteiger partial charge >= 0.3 is 6.09 Å². The monoisotopic (exact) mass is 381 g/mol. The van der Waals surface area contributed by atoms with Crippen LogP contribution in [-0.4, -0.2) is 66.2 Å². The second-order valence-corrected chi connectivity index (χ2v) is 6.74. The number of nitrogens with zero attached hydrogens (tertiary/aromatic N) is 4. The van der Waals surface area contributed by atoms with Gasteiger partial charge in [0.15, 0.2) is 5.82 Å². The number of hydrogen-bond acceptors (Lipinski definition) is 6. The Labute approximate surface area is 163 Å². The Bertz CT molecular complexity index is 879. The molecule has 1 N–H and O–H groups in total. The van der Waals surface area contributed by atoms with E-state index in [1.807, 2.05) is 30.3 Å². The maximum atomic E-state index is 12.4. The van der Waals surface area contributed by atoms with Crippen molar-refractivity contribution in [3.05, 3.63) is 41.6 Å². The van der Waals surface area contributed by atoms with Crippen molar-refractivity contribution in [2.45, 2.75) is 13.3 Å². The summed E-state index contributed by atoms with van der Waals surface area (Å²) in [6.45, 7) is 5.15. The van der Waals surface area contributed by atoms with Gasteiger partial charge in [0.25, 0.3) is 5.91 Å². The standard InChI is InChI=1S/C20H23N5O3/c1-2-28-20(27)25-12-10-24(11-13-25)18-15-8-9-21-19(26)16(15)22-17(23-18)14-6-4-3-5-7-14/h3-7H,2,8-13H2,1H3,(H,21,26). The fourth-order valence-corrected chi connectivity index (χ4v) is 3.57. The van der Waals surface area contributed by atoms with Crippen LogP contribution >= 0.6 is 0 Å². The van der Waals surface area contributed by atoms with Crippen LogP contribution < -0.4 is 10.2 Å². The highest BCUT2D eigenvalue weighted by Gasteiger charge is 2.29. The number of piperazine rings is 1. The molecule has 0 spiro atoms. The molecule has 28 heavy (non-hydrogen) atoms. The topological polar surface area (TPSA) is 87.7 Å². The minimum Gasteiger partial charge on any atom is -0.450 e. The van der Waals surface area contributed by atoms with Crippen molar-refractivity contribution in [3.63, 3.8) is 0 Å². The number of amides is 2. The Morgan fingerprint density at radius 3 is 2.61 bits per heavy atom. The molecule has 2 amide bonds. The Kier molecular flexibility index (Phi) is 5.10. The summed E-state index contributed by atoms with van der Waals surface area (Å²) in [4.78, 5) is 37.6. The third-order valence-corrected chi connectivity index (χ3v) is 5.00. The average Bonchev–Trinajstić information content (AvgIpc) is 2.74. The predicted octanol–water partition coefficient (Wildman–Crippen LogP) is 1.71. The van der Waals surface area contributed by atoms with Gasteiger partial charge in [-0.3, -0.25) is 4.79 Å². The molecule has 1 saturated heterocycles. The summed E-state index contributed by atoms with van der Waals surface area (Å²) in [6, 6.07) is 9.66. The fourth-order valence-electron chi connectivity index (χ4n) is 3.57. The Balaban J connectivity index is 1.66. The lowest BCUT2D eigenvalue weighted by atomic mass is 10.0. The highest BCUT2D eigenvalue weighted by molar-refractivity contribution is 5.96. The minimum absolute atomic E-state index is 0.160. The van der Waals surface area contributed by atoms with Gasteiger partial charge < -0.3 is 19.9 Å². The molecule has 8 nitrogen and oxygen atoms in total. The van der Waals surface area contributed by atoms with Gasteiger partial charge in [-0.25, -0.2) is 14.8 Å². The van der Waals surface area contributed by atoms with Gasteiger partial charge in [-0.15, -0.1) is 0 Å². The van der Waals surface area contributed by atoms with E-state index in [1.54, 1.807) is 11.8 Å². The number of hydrogen-bond donors (Lipinski definition) is 1. The Morgan fingerprint density at radius 1 is 1.14 bits per heavy atom. The molecule has 1 aromatic carbocycles. The smallest absolute Gasteiger partial charge is 0.409 e. The van der Waals surface area contributed by atoms with Crippen LogP contribution in [-0.2, 0) is 11.2 Å². The lowest BCUT2D eigenvalue weighted by molar-refractivity contribution is 0.0940. The van der Waals surface area contributed by atoms with E-state index in [2.05, 4.69) is 15.2 Å². The van der Waals surface area contributed by atoms with E-state index in [-0.39, 0.29) is 12.0 Å². The number of rotatable bonds is 3. The van der Waals surface area contributed by atoms with E-state index in [9.17, 15) is 9.59 Å². The van der Waals surface area contributed by atoms with Crippen molar-refractivity contribution in [3.8, 4) is 11.4 Å². The number of carbonyl (C=O) groups excluding carboxylic acids is 2. The highest BCUT2D eigenvalue weighted by atomic mass is 16.6. The van der Waals surface area contributed by atoms with Crippen LogP contribution in [0.2, 0.25) is 0 Å². The van der Waals surface area contributed by atoms with Gasteiger partial charge in [0, 0.05) is 43.9 Å². The normalized spacial score (nSPS) is 16.4. The van der Waals surface area contributed by atoms with Gasteiger partial charge in [-0.05, 0) is 13.3 Å². The van der Waals surface area contributed by atoms with E-state index in [4.69, 9.17) is 9.72 Å². The molecule has 2 aliphatic rings. The van der Waals surface area contributed by atoms with Gasteiger partial charge in [-0.1, -0.05) is 30.3 Å². The highest BCUT2D eigenvalue weighted by Crippen LogP contribution is 2.28. The first-order chi connectivity index (χ1) is 13.7. The van der Waals surface area contributed by atoms with Crippen LogP contribution in [0.4, 0.5) is 10.6 Å². The summed E-state index contributed by atoms with van der Waals surface area (Å²) in [5.74, 6) is 1.17. The third-order valence-electron chi connectivity index (χ3n) is 5.00. The molecule has 3 heterocycles. The summed E-state index contributed by atoms with van der Waals surface area (Å²) >= 11 is 0. The summed E-state index contributed by atoms with van der Waals surface area (Å²) < 4.78 is 5.09. The first-order valence-corrected chi connectivity index (χ1v) is 9.58. The SMILES string of the molecule is CCOC(=O)N1CCN(c2nc(-c3ccccc3)nc3c2CCNC3=O)CC1. The maximum Gasteiger partial charge on any atom is 0.409 e. The maximum absolute atomic E-state index is 12.4. The van der Waals surface area contributed by atoms with Crippen LogP contribution in [0, 0.1) is 0 Å². The molecule has 0 bridgehead atoms. The fraction of sp³-hybridized carbons (Fsp3) is 0.400. The third kappa shape index (κ3) is 3.49. The quantitative estimate of drug-likeness (QED) is 0.871. The van der Waals surface area contributed by atoms with Gasteiger partial charge in [0.1, 0.15) is 11.5 Å². The number of aromatic nitrogens is 2. The van der Waals surface area contributed by atoms with Crippen molar-refractivity contribution < 1.29 is 14.3 Å². The number of anilines is 1. The first kappa shape index (κ1) is 18.2. The molecule has 0 saturated carbocycles. The molecule has 8 heteroatoms. The summed E-state index contributed by atoms with van der Waals surface area (Å²) in [6.07, 6.45) is 0.417. The molecular formula is C20H23N5O3. The van der Waals surface area contributed by atoms with Crippen molar-refractivity contribution in [1.82, 2.24) is 20.2 Å². The number of fused-ring (bicyclic) bond motifs is 1. The molecule has 0 radical (unpaired) electrons. The molecule has 0 unspecified atom stereocenters. The Hall–Kier alpha value is -3.16. The lowest BCUT2D eigenvalue weighted by Crippen LogP contribution is -2.50. The van der Waals surface area contributed by atoms with Crippen LogP contribution in [0.5, 0.6) is 0 Å². The molecule has 0 atom stereocenters. The van der Waals surface area contributed by atoms with E-state index in [0.29, 0.717) is 57.3 Å². The van der Waals surface area contributed by atoms with E-state index in [0.717, 1.165) is 16.9 Å². The van der Waals surface area contributed by atoms with E-state index in [1.165, 1.54) is 0 Å². The molecular weight excluding hydrogens is 358 g/mol. The van der Waals surface area contributed by atoms with Crippen molar-refractivity contribution in [1.29, 1.82) is 0 Å². The molecule has 4 rings (SSSR count). The predicted molar refractivity (Wildman–Crippen MR) is 104 cm³/mol. The Morgan fingerprint density at radius 2 is 1.89 bits per heavy atom. The zero-order valence-corrected chi connectivity index (χ0v) is 15.9. The lowest BCUT2D eigenvalue weighted by Gasteiger charge is -2.36. The van der Waals surface area contributed by atoms with Crippen molar-refractivity contribution in [2.24, 2.45) is 0 Å². The number of ether oxygens (including phenoxy) is 1. The molecule has 1 aromatic heterocycles.